The Kier molecular flexibility index (Phi) is 7.36. The molecule has 10 nitrogen and oxygen atoms in total. The van der Waals surface area contributed by atoms with Crippen molar-refractivity contribution < 1.29 is 19.1 Å². The van der Waals surface area contributed by atoms with Crippen molar-refractivity contribution in [2.75, 3.05) is 17.2 Å². The maximum atomic E-state index is 14.3. The quantitative estimate of drug-likeness (QED) is 0.279. The lowest BCUT2D eigenvalue weighted by Gasteiger charge is -2.22. The first-order chi connectivity index (χ1) is 18.0. The molecule has 11 heteroatoms. The second kappa shape index (κ2) is 10.7. The van der Waals surface area contributed by atoms with Crippen LogP contribution in [0.3, 0.4) is 0 Å². The Labute approximate surface area is 218 Å². The average Bonchev–Trinajstić information content (AvgIpc) is 3.29. The highest BCUT2D eigenvalue weighted by molar-refractivity contribution is 6.00. The molecule has 194 valence electrons. The molecular formula is C27H26FN7O3. The number of aromatic nitrogens is 3. The van der Waals surface area contributed by atoms with E-state index in [1.54, 1.807) is 53.2 Å². The summed E-state index contributed by atoms with van der Waals surface area (Å²) < 4.78 is 16.0. The summed E-state index contributed by atoms with van der Waals surface area (Å²) in [6.07, 6.45) is 2.89. The van der Waals surface area contributed by atoms with Crippen LogP contribution in [0.15, 0.2) is 61.1 Å². The molecule has 4 N–H and O–H groups in total. The van der Waals surface area contributed by atoms with Gasteiger partial charge in [-0.25, -0.2) is 14.4 Å². The monoisotopic (exact) mass is 515 g/mol. The maximum Gasteiger partial charge on any atom is 0.255 e. The van der Waals surface area contributed by atoms with Crippen molar-refractivity contribution >= 4 is 39.9 Å². The molecular weight excluding hydrogens is 489 g/mol. The molecule has 0 spiro atoms. The van der Waals surface area contributed by atoms with Crippen LogP contribution < -0.4 is 16.0 Å². The van der Waals surface area contributed by atoms with Crippen molar-refractivity contribution in [2.45, 2.75) is 32.5 Å². The number of hydrogen-bond acceptors (Lipinski definition) is 7. The van der Waals surface area contributed by atoms with Crippen LogP contribution in [0.1, 0.15) is 36.7 Å². The summed E-state index contributed by atoms with van der Waals surface area (Å²) in [5, 5.41) is 28.2. The molecule has 2 amide bonds. The number of carbonyl (C=O) groups excluding carboxylic acids is 2. The third-order valence-electron chi connectivity index (χ3n) is 5.71. The van der Waals surface area contributed by atoms with E-state index in [1.807, 2.05) is 0 Å². The summed E-state index contributed by atoms with van der Waals surface area (Å²) >= 11 is 0. The minimum Gasteiger partial charge on any atom is -0.387 e. The smallest absolute Gasteiger partial charge is 0.255 e. The molecule has 4 aromatic rings. The van der Waals surface area contributed by atoms with Gasteiger partial charge in [-0.05, 0) is 44.2 Å². The van der Waals surface area contributed by atoms with Crippen LogP contribution in [-0.2, 0) is 4.79 Å². The van der Waals surface area contributed by atoms with Crippen LogP contribution in [0, 0.1) is 11.3 Å². The molecule has 1 aromatic carbocycles. The fourth-order valence-corrected chi connectivity index (χ4v) is 3.69. The van der Waals surface area contributed by atoms with Gasteiger partial charge in [0.05, 0.1) is 29.0 Å². The van der Waals surface area contributed by atoms with E-state index in [2.05, 4.69) is 32.0 Å². The molecule has 0 aliphatic carbocycles. The van der Waals surface area contributed by atoms with E-state index in [4.69, 9.17) is 5.26 Å². The van der Waals surface area contributed by atoms with Gasteiger partial charge in [0, 0.05) is 48.3 Å². The van der Waals surface area contributed by atoms with Gasteiger partial charge in [-0.3, -0.25) is 14.2 Å². The van der Waals surface area contributed by atoms with Crippen LogP contribution in [-0.4, -0.2) is 49.8 Å². The molecule has 38 heavy (non-hydrogen) atoms. The highest BCUT2D eigenvalue weighted by Gasteiger charge is 2.27. The topological polar surface area (TPSA) is 145 Å². The summed E-state index contributed by atoms with van der Waals surface area (Å²) in [6, 6.07) is 14.1. The molecule has 3 aromatic heterocycles. The number of nitrogens with zero attached hydrogens (tertiary/aromatic N) is 4. The number of rotatable bonds is 8. The molecule has 0 saturated heterocycles. The van der Waals surface area contributed by atoms with Gasteiger partial charge in [-0.15, -0.1) is 0 Å². The molecule has 0 aliphatic heterocycles. The minimum absolute atomic E-state index is 0.137. The normalized spacial score (nSPS) is 12.0. The van der Waals surface area contributed by atoms with Gasteiger partial charge < -0.3 is 21.1 Å². The second-order valence-corrected chi connectivity index (χ2v) is 9.24. The number of amides is 2. The van der Waals surface area contributed by atoms with E-state index >= 15 is 0 Å². The van der Waals surface area contributed by atoms with Crippen molar-refractivity contribution in [1.82, 2.24) is 19.9 Å². The summed E-state index contributed by atoms with van der Waals surface area (Å²) in [5.41, 5.74) is 1.01. The van der Waals surface area contributed by atoms with Gasteiger partial charge in [-0.2, -0.15) is 5.26 Å². The Balaban J connectivity index is 1.72. The summed E-state index contributed by atoms with van der Waals surface area (Å²) in [7, 11) is 0. The molecule has 0 unspecified atom stereocenters. The Morgan fingerprint density at radius 2 is 1.92 bits per heavy atom. The fourth-order valence-electron chi connectivity index (χ4n) is 3.69. The van der Waals surface area contributed by atoms with Gasteiger partial charge in [0.1, 0.15) is 23.7 Å². The maximum absolute atomic E-state index is 14.3. The van der Waals surface area contributed by atoms with Crippen LogP contribution in [0.2, 0.25) is 0 Å². The van der Waals surface area contributed by atoms with E-state index in [0.717, 1.165) is 5.39 Å². The number of halogens is 1. The zero-order valence-electron chi connectivity index (χ0n) is 21.0. The molecule has 0 radical (unpaired) electrons. The van der Waals surface area contributed by atoms with E-state index in [0.29, 0.717) is 34.1 Å². The Morgan fingerprint density at radius 3 is 2.63 bits per heavy atom. The molecule has 0 fully saturated rings. The fraction of sp³-hybridized carbons (Fsp3) is 0.222. The minimum atomic E-state index is -1.68. The number of benzene rings is 1. The number of hydrogen-bond donors (Lipinski definition) is 4. The van der Waals surface area contributed by atoms with Crippen LogP contribution >= 0.6 is 0 Å². The largest absolute Gasteiger partial charge is 0.387 e. The first kappa shape index (κ1) is 26.2. The van der Waals surface area contributed by atoms with Crippen LogP contribution in [0.25, 0.3) is 16.9 Å². The summed E-state index contributed by atoms with van der Waals surface area (Å²) in [6.45, 7) is 3.65. The molecule has 3 heterocycles. The molecule has 0 saturated carbocycles. The SMILES string of the molecule is CC(=O)Nc1cccc(Nc2cc(-n3ccc4cc(C#N)cnc43)ncc2C(=O)NC[C@@H](F)C(C)(C)O)c1. The molecule has 0 bridgehead atoms. The Hall–Kier alpha value is -4.82. The number of nitriles is 1. The molecule has 0 aliphatic rings. The lowest BCUT2D eigenvalue weighted by atomic mass is 10.0. The van der Waals surface area contributed by atoms with Gasteiger partial charge in [0.2, 0.25) is 5.91 Å². The summed E-state index contributed by atoms with van der Waals surface area (Å²) in [5.74, 6) is -0.382. The standard InChI is InChI=1S/C27H26FN7O3/c1-16(36)33-19-5-4-6-20(10-19)34-22-11-24(35-8-7-18-9-17(12-29)13-31-25(18)35)30-14-21(22)26(37)32-15-23(28)27(2,3)38/h4-11,13-14,23,38H,15H2,1-3H3,(H,30,34)(H,32,37)(H,33,36)/t23-/m1/s1. The van der Waals surface area contributed by atoms with Crippen molar-refractivity contribution in [3.63, 3.8) is 0 Å². The Bertz CT molecular complexity index is 1550. The number of nitrogens with one attached hydrogen (secondary N) is 3. The van der Waals surface area contributed by atoms with E-state index in [1.165, 1.54) is 33.2 Å². The highest BCUT2D eigenvalue weighted by Crippen LogP contribution is 2.27. The number of anilines is 3. The summed E-state index contributed by atoms with van der Waals surface area (Å²) in [4.78, 5) is 33.3. The lowest BCUT2D eigenvalue weighted by Crippen LogP contribution is -2.42. The zero-order chi connectivity index (χ0) is 27.4. The number of alkyl halides is 1. The third kappa shape index (κ3) is 5.93. The first-order valence-corrected chi connectivity index (χ1v) is 11.7. The third-order valence-corrected chi connectivity index (χ3v) is 5.71. The van der Waals surface area contributed by atoms with Gasteiger partial charge in [-0.1, -0.05) is 6.07 Å². The zero-order valence-corrected chi connectivity index (χ0v) is 21.0. The van der Waals surface area contributed by atoms with Crippen molar-refractivity contribution in [2.24, 2.45) is 0 Å². The predicted octanol–water partition coefficient (Wildman–Crippen LogP) is 3.83. The van der Waals surface area contributed by atoms with E-state index in [-0.39, 0.29) is 11.5 Å². The van der Waals surface area contributed by atoms with Crippen molar-refractivity contribution in [3.8, 4) is 11.9 Å². The van der Waals surface area contributed by atoms with Gasteiger partial charge in [0.15, 0.2) is 0 Å². The van der Waals surface area contributed by atoms with Crippen molar-refractivity contribution in [1.29, 1.82) is 5.26 Å². The predicted molar refractivity (Wildman–Crippen MR) is 141 cm³/mol. The lowest BCUT2D eigenvalue weighted by molar-refractivity contribution is -0.114. The molecule has 4 rings (SSSR count). The molecule has 1 atom stereocenters. The van der Waals surface area contributed by atoms with Crippen LogP contribution in [0.4, 0.5) is 21.5 Å². The average molecular weight is 516 g/mol. The Morgan fingerprint density at radius 1 is 1.16 bits per heavy atom. The number of fused-ring (bicyclic) bond motifs is 1. The number of aliphatic hydroxyl groups is 1. The van der Waals surface area contributed by atoms with Crippen LogP contribution in [0.5, 0.6) is 0 Å². The van der Waals surface area contributed by atoms with E-state index < -0.39 is 24.2 Å². The number of carbonyl (C=O) groups is 2. The first-order valence-electron chi connectivity index (χ1n) is 11.7. The highest BCUT2D eigenvalue weighted by atomic mass is 19.1. The number of pyridine rings is 2. The second-order valence-electron chi connectivity index (χ2n) is 9.24. The van der Waals surface area contributed by atoms with E-state index in [9.17, 15) is 19.1 Å². The van der Waals surface area contributed by atoms with Gasteiger partial charge >= 0.3 is 0 Å². The van der Waals surface area contributed by atoms with Crippen molar-refractivity contribution in [3.05, 3.63) is 72.2 Å². The van der Waals surface area contributed by atoms with Gasteiger partial charge in [0.25, 0.3) is 5.91 Å².